The number of aryl methyl sites for hydroxylation is 1. The summed E-state index contributed by atoms with van der Waals surface area (Å²) in [6, 6.07) is 2.00. The van der Waals surface area contributed by atoms with E-state index in [1.54, 1.807) is 0 Å². The lowest BCUT2D eigenvalue weighted by Crippen LogP contribution is -2.37. The van der Waals surface area contributed by atoms with Crippen LogP contribution in [0.1, 0.15) is 36.5 Å². The molecule has 0 saturated carbocycles. The van der Waals surface area contributed by atoms with Gasteiger partial charge in [0.1, 0.15) is 17.1 Å². The number of phenolic OH excluding ortho intramolecular Hbond substituents is 1. The number of phenols is 1. The summed E-state index contributed by atoms with van der Waals surface area (Å²) in [6.45, 7) is 13.3. The van der Waals surface area contributed by atoms with Gasteiger partial charge in [0.15, 0.2) is 0 Å². The van der Waals surface area contributed by atoms with Gasteiger partial charge in [0.05, 0.1) is 6.16 Å². The summed E-state index contributed by atoms with van der Waals surface area (Å²) < 4.78 is 6.34. The van der Waals surface area contributed by atoms with E-state index < -0.39 is 7.26 Å². The number of hydrogen-bond acceptors (Lipinski definition) is 2. The molecule has 2 nitrogen and oxygen atoms in total. The fourth-order valence-electron chi connectivity index (χ4n) is 2.83. The first-order valence-corrected chi connectivity index (χ1v) is 10.7. The number of ether oxygens (including phenoxy) is 1. The molecule has 1 atom stereocenters. The second-order valence-corrected chi connectivity index (χ2v) is 12.5. The predicted molar refractivity (Wildman–Crippen MR) is 89.1 cm³/mol. The van der Waals surface area contributed by atoms with Crippen molar-refractivity contribution >= 4 is 7.26 Å². The maximum atomic E-state index is 10.1. The largest absolute Gasteiger partial charge is 0.507 e. The monoisotopic (exact) mass is 295 g/mol. The van der Waals surface area contributed by atoms with Crippen LogP contribution < -0.4 is 4.74 Å². The Labute approximate surface area is 123 Å². The molecule has 2 rings (SSSR count). The number of fused-ring (bicyclic) bond motifs is 1. The van der Waals surface area contributed by atoms with Crippen molar-refractivity contribution in [3.05, 3.63) is 22.8 Å². The lowest BCUT2D eigenvalue weighted by Gasteiger charge is -2.37. The van der Waals surface area contributed by atoms with Gasteiger partial charge in [0.2, 0.25) is 0 Å². The Morgan fingerprint density at radius 2 is 1.95 bits per heavy atom. The number of rotatable bonds is 3. The van der Waals surface area contributed by atoms with Crippen molar-refractivity contribution in [1.82, 2.24) is 0 Å². The van der Waals surface area contributed by atoms with Gasteiger partial charge in [-0.25, -0.2) is 0 Å². The number of hydrogen-bond donors (Lipinski definition) is 1. The van der Waals surface area contributed by atoms with Crippen molar-refractivity contribution in [2.24, 2.45) is 0 Å². The highest BCUT2D eigenvalue weighted by atomic mass is 31.2. The Morgan fingerprint density at radius 3 is 2.55 bits per heavy atom. The predicted octanol–water partition coefficient (Wildman–Crippen LogP) is 4.39. The van der Waals surface area contributed by atoms with Crippen molar-refractivity contribution < 1.29 is 9.84 Å². The molecular weight excluding hydrogens is 267 g/mol. The lowest BCUT2D eigenvalue weighted by atomic mass is 9.88. The quantitative estimate of drug-likeness (QED) is 0.838. The molecule has 1 N–H and O–H groups in total. The van der Waals surface area contributed by atoms with Crippen molar-refractivity contribution in [3.8, 4) is 11.5 Å². The van der Waals surface area contributed by atoms with Gasteiger partial charge in [-0.1, -0.05) is 0 Å². The van der Waals surface area contributed by atoms with Crippen LogP contribution in [0.2, 0.25) is 0 Å². The second-order valence-electron chi connectivity index (χ2n) is 7.46. The van der Waals surface area contributed by atoms with E-state index in [9.17, 15) is 5.11 Å². The van der Waals surface area contributed by atoms with Crippen molar-refractivity contribution in [1.29, 1.82) is 0 Å². The van der Waals surface area contributed by atoms with E-state index in [0.29, 0.717) is 5.75 Å². The highest BCUT2D eigenvalue weighted by Crippen LogP contribution is 2.49. The van der Waals surface area contributed by atoms with Gasteiger partial charge in [-0.05, 0) is 50.8 Å². The average Bonchev–Trinajstić information content (AvgIpc) is 2.33. The van der Waals surface area contributed by atoms with E-state index in [1.807, 2.05) is 19.9 Å². The molecule has 0 aliphatic carbocycles. The summed E-state index contributed by atoms with van der Waals surface area (Å²) in [5.41, 5.74) is 3.05. The Kier molecular flexibility index (Phi) is 4.08. The van der Waals surface area contributed by atoms with Gasteiger partial charge >= 0.3 is 0 Å². The second kappa shape index (κ2) is 5.22. The third kappa shape index (κ3) is 3.28. The third-order valence-corrected chi connectivity index (χ3v) is 5.96. The van der Waals surface area contributed by atoms with Gasteiger partial charge in [-0.15, -0.1) is 0 Å². The number of aromatic hydroxyl groups is 1. The van der Waals surface area contributed by atoms with Gasteiger partial charge in [0.25, 0.3) is 0 Å². The Morgan fingerprint density at radius 1 is 1.30 bits per heavy atom. The van der Waals surface area contributed by atoms with Crippen LogP contribution in [0.3, 0.4) is 0 Å². The van der Waals surface area contributed by atoms with Crippen LogP contribution in [0, 0.1) is 13.8 Å². The van der Waals surface area contributed by atoms with E-state index in [0.717, 1.165) is 36.1 Å². The smallest absolute Gasteiger partial charge is 0.124 e. The fraction of sp³-hybridized carbons (Fsp3) is 0.647. The third-order valence-electron chi connectivity index (χ3n) is 4.40. The van der Waals surface area contributed by atoms with Gasteiger partial charge in [0, 0.05) is 39.2 Å². The molecule has 0 radical (unpaired) electrons. The molecule has 1 aromatic carbocycles. The zero-order valence-electron chi connectivity index (χ0n) is 13.7. The van der Waals surface area contributed by atoms with Crippen LogP contribution in [0.15, 0.2) is 6.07 Å². The molecule has 0 fully saturated rings. The molecule has 20 heavy (non-hydrogen) atoms. The van der Waals surface area contributed by atoms with Crippen LogP contribution in [0.5, 0.6) is 11.5 Å². The zero-order valence-corrected chi connectivity index (χ0v) is 14.6. The van der Waals surface area contributed by atoms with E-state index >= 15 is 0 Å². The highest BCUT2D eigenvalue weighted by molar-refractivity contribution is 7.73. The molecule has 0 spiro atoms. The molecule has 112 valence electrons. The van der Waals surface area contributed by atoms with Gasteiger partial charge in [-0.2, -0.15) is 0 Å². The molecule has 1 unspecified atom stereocenters. The summed E-state index contributed by atoms with van der Waals surface area (Å²) in [5, 5.41) is 10.1. The minimum Gasteiger partial charge on any atom is -0.507 e. The Bertz CT molecular complexity index is 517. The molecule has 3 heteroatoms. The van der Waals surface area contributed by atoms with Crippen LogP contribution in [-0.2, 0) is 6.42 Å². The Balaban J connectivity index is 2.22. The Hall–Kier alpha value is -0.750. The van der Waals surface area contributed by atoms with Crippen LogP contribution in [0.25, 0.3) is 0 Å². The van der Waals surface area contributed by atoms with E-state index in [2.05, 4.69) is 26.9 Å². The normalized spacial score (nSPS) is 22.3. The molecule has 0 saturated heterocycles. The minimum atomic E-state index is -0.756. The van der Waals surface area contributed by atoms with Gasteiger partial charge < -0.3 is 9.84 Å². The minimum absolute atomic E-state index is 0.0455. The summed E-state index contributed by atoms with van der Waals surface area (Å²) in [7, 11) is -0.756. The molecule has 0 bridgehead atoms. The molecular formula is C17H28O2P+. The van der Waals surface area contributed by atoms with E-state index in [-0.39, 0.29) is 5.60 Å². The molecule has 1 aliphatic heterocycles. The van der Waals surface area contributed by atoms with E-state index in [4.69, 9.17) is 4.74 Å². The molecule has 1 aliphatic rings. The maximum absolute atomic E-state index is 10.1. The zero-order chi connectivity index (χ0) is 15.1. The molecule has 1 heterocycles. The van der Waals surface area contributed by atoms with Crippen molar-refractivity contribution in [2.45, 2.75) is 45.6 Å². The first-order valence-electron chi connectivity index (χ1n) is 7.43. The standard InChI is InChI=1S/C17H27O2P/c1-12-11-15-14(13(2)16(12)18)7-8-17(3,19-15)9-10-20(4,5)6/h11H,7-10H2,1-6H3/p+1. The summed E-state index contributed by atoms with van der Waals surface area (Å²) >= 11 is 0. The summed E-state index contributed by atoms with van der Waals surface area (Å²) in [6.07, 6.45) is 4.45. The maximum Gasteiger partial charge on any atom is 0.124 e. The average molecular weight is 295 g/mol. The lowest BCUT2D eigenvalue weighted by molar-refractivity contribution is 0.0616. The number of benzene rings is 1. The molecule has 0 amide bonds. The topological polar surface area (TPSA) is 29.5 Å². The van der Waals surface area contributed by atoms with E-state index in [1.165, 1.54) is 11.7 Å². The summed E-state index contributed by atoms with van der Waals surface area (Å²) in [4.78, 5) is 0. The van der Waals surface area contributed by atoms with Gasteiger partial charge in [-0.3, -0.25) is 0 Å². The highest BCUT2D eigenvalue weighted by Gasteiger charge is 2.35. The van der Waals surface area contributed by atoms with Crippen molar-refractivity contribution in [2.75, 3.05) is 26.2 Å². The summed E-state index contributed by atoms with van der Waals surface area (Å²) in [5.74, 6) is 1.41. The first kappa shape index (κ1) is 15.6. The molecule has 0 aromatic heterocycles. The first-order chi connectivity index (χ1) is 9.11. The van der Waals surface area contributed by atoms with Crippen LogP contribution in [0.4, 0.5) is 0 Å². The van der Waals surface area contributed by atoms with Crippen molar-refractivity contribution in [3.63, 3.8) is 0 Å². The van der Waals surface area contributed by atoms with Crippen LogP contribution >= 0.6 is 7.26 Å². The van der Waals surface area contributed by atoms with Crippen LogP contribution in [-0.4, -0.2) is 36.9 Å². The molecule has 1 aromatic rings. The SMILES string of the molecule is Cc1cc2c(c(C)c1O)CCC(C)(CC[P+](C)(C)C)O2. The fourth-order valence-corrected chi connectivity index (χ4v) is 3.98.